The zero-order chi connectivity index (χ0) is 15.7. The number of fused-ring (bicyclic) bond motifs is 1. The predicted molar refractivity (Wildman–Crippen MR) is 87.2 cm³/mol. The highest BCUT2D eigenvalue weighted by Gasteiger charge is 2.17. The van der Waals surface area contributed by atoms with E-state index in [1.807, 2.05) is 24.3 Å². The fourth-order valence-electron chi connectivity index (χ4n) is 2.30. The van der Waals surface area contributed by atoms with Crippen molar-refractivity contribution >= 4 is 40.2 Å². The molecule has 4 nitrogen and oxygen atoms in total. The number of imidazole rings is 1. The van der Waals surface area contributed by atoms with E-state index in [0.717, 1.165) is 11.0 Å². The number of methoxy groups -OCH3 is 1. The lowest BCUT2D eigenvalue weighted by Gasteiger charge is -2.09. The fraction of sp³-hybridized carbons (Fsp3) is 0.125. The van der Waals surface area contributed by atoms with Crippen molar-refractivity contribution in [1.29, 1.82) is 0 Å². The molecule has 0 radical (unpaired) electrons. The average Bonchev–Trinajstić information content (AvgIpc) is 2.88. The molecule has 2 aromatic carbocycles. The normalized spacial score (nSPS) is 10.9. The minimum Gasteiger partial charge on any atom is -0.468 e. The number of esters is 1. The van der Waals surface area contributed by atoms with E-state index in [-0.39, 0.29) is 12.5 Å². The van der Waals surface area contributed by atoms with Gasteiger partial charge in [-0.1, -0.05) is 35.3 Å². The van der Waals surface area contributed by atoms with Crippen LogP contribution in [0.5, 0.6) is 0 Å². The molecule has 0 unspecified atom stereocenters. The maximum atomic E-state index is 11.7. The molecule has 0 saturated carbocycles. The summed E-state index contributed by atoms with van der Waals surface area (Å²) in [6.07, 6.45) is 0. The standard InChI is InChI=1S/C16H12Cl2N2O2/c1-22-15(21)9-20-14-5-3-2-4-13(14)19-16(20)11-8-10(17)6-7-12(11)18/h2-8H,9H2,1H3. The number of nitrogens with zero attached hydrogens (tertiary/aromatic N) is 2. The first-order valence-corrected chi connectivity index (χ1v) is 7.33. The monoisotopic (exact) mass is 334 g/mol. The summed E-state index contributed by atoms with van der Waals surface area (Å²) in [5.41, 5.74) is 2.28. The Hall–Kier alpha value is -2.04. The number of benzene rings is 2. The van der Waals surface area contributed by atoms with Gasteiger partial charge in [0.15, 0.2) is 0 Å². The van der Waals surface area contributed by atoms with Crippen molar-refractivity contribution in [2.24, 2.45) is 0 Å². The summed E-state index contributed by atoms with van der Waals surface area (Å²) in [5.74, 6) is 0.224. The molecule has 0 fully saturated rings. The van der Waals surface area contributed by atoms with Gasteiger partial charge in [-0.05, 0) is 30.3 Å². The Balaban J connectivity index is 2.26. The summed E-state index contributed by atoms with van der Waals surface area (Å²) in [7, 11) is 1.35. The molecule has 112 valence electrons. The van der Waals surface area contributed by atoms with Crippen LogP contribution in [-0.2, 0) is 16.1 Å². The van der Waals surface area contributed by atoms with E-state index in [4.69, 9.17) is 27.9 Å². The number of hydrogen-bond acceptors (Lipinski definition) is 3. The highest BCUT2D eigenvalue weighted by Crippen LogP contribution is 2.32. The molecule has 0 aliphatic carbocycles. The molecule has 0 spiro atoms. The van der Waals surface area contributed by atoms with E-state index in [2.05, 4.69) is 4.98 Å². The van der Waals surface area contributed by atoms with Crippen LogP contribution in [-0.4, -0.2) is 22.6 Å². The highest BCUT2D eigenvalue weighted by molar-refractivity contribution is 6.35. The van der Waals surface area contributed by atoms with E-state index < -0.39 is 0 Å². The lowest BCUT2D eigenvalue weighted by Crippen LogP contribution is -2.12. The highest BCUT2D eigenvalue weighted by atomic mass is 35.5. The summed E-state index contributed by atoms with van der Waals surface area (Å²) in [4.78, 5) is 16.3. The van der Waals surface area contributed by atoms with Crippen LogP contribution in [0.1, 0.15) is 0 Å². The Morgan fingerprint density at radius 3 is 2.77 bits per heavy atom. The van der Waals surface area contributed by atoms with Gasteiger partial charge in [0.05, 0.1) is 23.2 Å². The first-order valence-electron chi connectivity index (χ1n) is 6.57. The third kappa shape index (κ3) is 2.67. The van der Waals surface area contributed by atoms with Gasteiger partial charge in [0, 0.05) is 10.6 Å². The topological polar surface area (TPSA) is 44.1 Å². The maximum absolute atomic E-state index is 11.7. The molecule has 3 rings (SSSR count). The third-order valence-corrected chi connectivity index (χ3v) is 3.90. The second-order valence-corrected chi connectivity index (χ2v) is 5.55. The lowest BCUT2D eigenvalue weighted by atomic mass is 10.2. The van der Waals surface area contributed by atoms with Gasteiger partial charge in [-0.3, -0.25) is 4.79 Å². The molecule has 0 aliphatic rings. The number of carbonyl (C=O) groups excluding carboxylic acids is 1. The van der Waals surface area contributed by atoms with Crippen LogP contribution in [0.3, 0.4) is 0 Å². The van der Waals surface area contributed by atoms with Gasteiger partial charge in [-0.15, -0.1) is 0 Å². The van der Waals surface area contributed by atoms with E-state index in [1.165, 1.54) is 7.11 Å². The van der Waals surface area contributed by atoms with Gasteiger partial charge in [0.1, 0.15) is 12.4 Å². The molecule has 0 saturated heterocycles. The van der Waals surface area contributed by atoms with Crippen LogP contribution in [0.4, 0.5) is 0 Å². The van der Waals surface area contributed by atoms with Crippen LogP contribution in [0, 0.1) is 0 Å². The number of halogens is 2. The molecule has 0 atom stereocenters. The van der Waals surface area contributed by atoms with Gasteiger partial charge in [-0.25, -0.2) is 4.98 Å². The molecule has 0 aliphatic heterocycles. The Kier molecular flexibility index (Phi) is 4.05. The van der Waals surface area contributed by atoms with Crippen molar-refractivity contribution in [3.05, 3.63) is 52.5 Å². The molecule has 22 heavy (non-hydrogen) atoms. The van der Waals surface area contributed by atoms with Crippen molar-refractivity contribution in [3.63, 3.8) is 0 Å². The number of aromatic nitrogens is 2. The van der Waals surface area contributed by atoms with Crippen LogP contribution < -0.4 is 0 Å². The van der Waals surface area contributed by atoms with E-state index in [0.29, 0.717) is 21.4 Å². The van der Waals surface area contributed by atoms with E-state index in [9.17, 15) is 4.79 Å². The van der Waals surface area contributed by atoms with Crippen LogP contribution in [0.25, 0.3) is 22.4 Å². The molecule has 0 bridgehead atoms. The lowest BCUT2D eigenvalue weighted by molar-refractivity contribution is -0.141. The van der Waals surface area contributed by atoms with Gasteiger partial charge in [0.2, 0.25) is 0 Å². The first kappa shape index (κ1) is 14.9. The molecular weight excluding hydrogens is 323 g/mol. The Labute approximate surface area is 137 Å². The number of hydrogen-bond donors (Lipinski definition) is 0. The zero-order valence-electron chi connectivity index (χ0n) is 11.7. The van der Waals surface area contributed by atoms with Crippen LogP contribution in [0.15, 0.2) is 42.5 Å². The fourth-order valence-corrected chi connectivity index (χ4v) is 2.68. The number of para-hydroxylation sites is 2. The second-order valence-electron chi connectivity index (χ2n) is 4.71. The Morgan fingerprint density at radius 2 is 2.00 bits per heavy atom. The quantitative estimate of drug-likeness (QED) is 0.675. The summed E-state index contributed by atoms with van der Waals surface area (Å²) >= 11 is 12.3. The first-order chi connectivity index (χ1) is 10.6. The molecule has 6 heteroatoms. The van der Waals surface area contributed by atoms with Gasteiger partial charge < -0.3 is 9.30 Å². The number of rotatable bonds is 3. The van der Waals surface area contributed by atoms with Crippen molar-refractivity contribution in [3.8, 4) is 11.4 Å². The molecule has 1 aromatic heterocycles. The van der Waals surface area contributed by atoms with E-state index in [1.54, 1.807) is 22.8 Å². The summed E-state index contributed by atoms with van der Waals surface area (Å²) < 4.78 is 6.55. The second kappa shape index (κ2) is 5.99. The SMILES string of the molecule is COC(=O)Cn1c(-c2cc(Cl)ccc2Cl)nc2ccccc21. The molecule has 0 amide bonds. The van der Waals surface area contributed by atoms with Crippen LogP contribution >= 0.6 is 23.2 Å². The van der Waals surface area contributed by atoms with Crippen molar-refractivity contribution < 1.29 is 9.53 Å². The Morgan fingerprint density at radius 1 is 1.23 bits per heavy atom. The zero-order valence-corrected chi connectivity index (χ0v) is 13.2. The van der Waals surface area contributed by atoms with E-state index >= 15 is 0 Å². The van der Waals surface area contributed by atoms with Crippen molar-refractivity contribution in [2.75, 3.05) is 7.11 Å². The largest absolute Gasteiger partial charge is 0.468 e. The summed E-state index contributed by atoms with van der Waals surface area (Å²) in [5, 5.41) is 1.07. The van der Waals surface area contributed by atoms with Crippen LogP contribution in [0.2, 0.25) is 10.0 Å². The smallest absolute Gasteiger partial charge is 0.325 e. The molecule has 3 aromatic rings. The molecule has 0 N–H and O–H groups in total. The van der Waals surface area contributed by atoms with Gasteiger partial charge in [0.25, 0.3) is 0 Å². The number of ether oxygens (including phenoxy) is 1. The van der Waals surface area contributed by atoms with Gasteiger partial charge in [-0.2, -0.15) is 0 Å². The van der Waals surface area contributed by atoms with Crippen molar-refractivity contribution in [2.45, 2.75) is 6.54 Å². The Bertz CT molecular complexity index is 858. The average molecular weight is 335 g/mol. The molecular formula is C16H12Cl2N2O2. The van der Waals surface area contributed by atoms with Crippen molar-refractivity contribution in [1.82, 2.24) is 9.55 Å². The maximum Gasteiger partial charge on any atom is 0.325 e. The third-order valence-electron chi connectivity index (χ3n) is 3.34. The number of carbonyl (C=O) groups is 1. The predicted octanol–water partition coefficient (Wildman–Crippen LogP) is 4.18. The molecule has 1 heterocycles. The minimum atomic E-state index is -0.359. The van der Waals surface area contributed by atoms with Gasteiger partial charge >= 0.3 is 5.97 Å². The summed E-state index contributed by atoms with van der Waals surface area (Å²) in [6, 6.07) is 12.7. The minimum absolute atomic E-state index is 0.0508. The summed E-state index contributed by atoms with van der Waals surface area (Å²) in [6.45, 7) is 0.0508.